The van der Waals surface area contributed by atoms with Crippen LogP contribution in [-0.2, 0) is 4.74 Å². The Balaban J connectivity index is 2.30. The molecule has 15 heavy (non-hydrogen) atoms. The minimum absolute atomic E-state index is 0.0347. The molecule has 0 aromatic heterocycles. The number of rotatable bonds is 1. The number of ether oxygens (including phenoxy) is 1. The fraction of sp³-hybridized carbons (Fsp3) is 0.400. The van der Waals surface area contributed by atoms with Crippen molar-refractivity contribution in [2.24, 2.45) is 0 Å². The molecular formula is C10H10Cl2FNO. The van der Waals surface area contributed by atoms with Gasteiger partial charge in [-0.25, -0.2) is 4.39 Å². The van der Waals surface area contributed by atoms with Gasteiger partial charge in [-0.3, -0.25) is 0 Å². The Morgan fingerprint density at radius 2 is 2.13 bits per heavy atom. The maximum atomic E-state index is 13.2. The smallest absolute Gasteiger partial charge is 0.142 e. The van der Waals surface area contributed by atoms with Gasteiger partial charge in [0.1, 0.15) is 5.82 Å². The van der Waals surface area contributed by atoms with Gasteiger partial charge in [0.25, 0.3) is 0 Å². The minimum atomic E-state index is -0.467. The maximum Gasteiger partial charge on any atom is 0.142 e. The summed E-state index contributed by atoms with van der Waals surface area (Å²) in [4.78, 5) is 0. The first-order valence-electron chi connectivity index (χ1n) is 4.65. The quantitative estimate of drug-likeness (QED) is 0.774. The van der Waals surface area contributed by atoms with Crippen molar-refractivity contribution < 1.29 is 9.13 Å². The van der Waals surface area contributed by atoms with E-state index in [1.807, 2.05) is 0 Å². The van der Waals surface area contributed by atoms with Gasteiger partial charge in [-0.05, 0) is 12.1 Å². The Bertz CT molecular complexity index is 367. The van der Waals surface area contributed by atoms with E-state index >= 15 is 0 Å². The first-order chi connectivity index (χ1) is 7.18. The lowest BCUT2D eigenvalue weighted by atomic mass is 10.1. The molecule has 1 N–H and O–H groups in total. The molecule has 1 atom stereocenters. The topological polar surface area (TPSA) is 21.3 Å². The van der Waals surface area contributed by atoms with Crippen LogP contribution >= 0.6 is 23.2 Å². The standard InChI is InChI=1S/C10H10Cl2FNO/c11-7-4-8(12)9(13)3-6(7)10-5-14-1-2-15-10/h3-4,10,14H,1-2,5H2. The number of hydrogen-bond acceptors (Lipinski definition) is 2. The first kappa shape index (κ1) is 11.1. The summed E-state index contributed by atoms with van der Waals surface area (Å²) in [5.74, 6) is -0.467. The van der Waals surface area contributed by atoms with Gasteiger partial charge in [-0.15, -0.1) is 0 Å². The first-order valence-corrected chi connectivity index (χ1v) is 5.41. The van der Waals surface area contributed by atoms with E-state index in [0.29, 0.717) is 23.7 Å². The third-order valence-corrected chi connectivity index (χ3v) is 2.93. The van der Waals surface area contributed by atoms with E-state index in [0.717, 1.165) is 6.54 Å². The molecule has 0 radical (unpaired) electrons. The molecule has 5 heteroatoms. The Labute approximate surface area is 97.3 Å². The summed E-state index contributed by atoms with van der Waals surface area (Å²) in [6, 6.07) is 2.74. The number of halogens is 3. The monoisotopic (exact) mass is 249 g/mol. The molecule has 1 aromatic carbocycles. The van der Waals surface area contributed by atoms with E-state index in [1.165, 1.54) is 12.1 Å². The van der Waals surface area contributed by atoms with Crippen LogP contribution in [0.5, 0.6) is 0 Å². The summed E-state index contributed by atoms with van der Waals surface area (Å²) in [6.07, 6.45) is -0.196. The van der Waals surface area contributed by atoms with Gasteiger partial charge in [-0.2, -0.15) is 0 Å². The van der Waals surface area contributed by atoms with Gasteiger partial charge in [-0.1, -0.05) is 23.2 Å². The molecular weight excluding hydrogens is 240 g/mol. The second-order valence-electron chi connectivity index (χ2n) is 3.35. The molecule has 1 aromatic rings. The van der Waals surface area contributed by atoms with Crippen molar-refractivity contribution in [3.63, 3.8) is 0 Å². The Hall–Kier alpha value is -0.350. The summed E-state index contributed by atoms with van der Waals surface area (Å²) in [5, 5.41) is 3.63. The zero-order chi connectivity index (χ0) is 10.8. The number of nitrogens with one attached hydrogen (secondary N) is 1. The van der Waals surface area contributed by atoms with Crippen LogP contribution in [0, 0.1) is 5.82 Å². The SMILES string of the molecule is Fc1cc(C2CNCCO2)c(Cl)cc1Cl. The van der Waals surface area contributed by atoms with E-state index in [-0.39, 0.29) is 11.1 Å². The molecule has 1 aliphatic rings. The number of benzene rings is 1. The van der Waals surface area contributed by atoms with Gasteiger partial charge in [0.2, 0.25) is 0 Å². The molecule has 2 rings (SSSR count). The summed E-state index contributed by atoms with van der Waals surface area (Å²) in [6.45, 7) is 2.05. The fourth-order valence-corrected chi connectivity index (χ4v) is 2.05. The average molecular weight is 250 g/mol. The molecule has 0 bridgehead atoms. The van der Waals surface area contributed by atoms with Gasteiger partial charge in [0, 0.05) is 23.7 Å². The highest BCUT2D eigenvalue weighted by Crippen LogP contribution is 2.30. The lowest BCUT2D eigenvalue weighted by Gasteiger charge is -2.24. The Morgan fingerprint density at radius 1 is 1.33 bits per heavy atom. The van der Waals surface area contributed by atoms with E-state index in [1.54, 1.807) is 0 Å². The second kappa shape index (κ2) is 4.66. The molecule has 0 spiro atoms. The van der Waals surface area contributed by atoms with Crippen molar-refractivity contribution in [2.75, 3.05) is 19.7 Å². The summed E-state index contributed by atoms with van der Waals surface area (Å²) < 4.78 is 18.7. The van der Waals surface area contributed by atoms with Crippen LogP contribution in [0.3, 0.4) is 0 Å². The molecule has 1 fully saturated rings. The van der Waals surface area contributed by atoms with E-state index in [2.05, 4.69) is 5.32 Å². The third-order valence-electron chi connectivity index (χ3n) is 2.31. The summed E-state index contributed by atoms with van der Waals surface area (Å²) >= 11 is 11.6. The van der Waals surface area contributed by atoms with Crippen molar-refractivity contribution in [1.29, 1.82) is 0 Å². The fourth-order valence-electron chi connectivity index (χ4n) is 1.55. The highest BCUT2D eigenvalue weighted by Gasteiger charge is 2.20. The van der Waals surface area contributed by atoms with Crippen molar-refractivity contribution in [2.45, 2.75) is 6.10 Å². The molecule has 1 saturated heterocycles. The average Bonchev–Trinajstić information content (AvgIpc) is 2.25. The van der Waals surface area contributed by atoms with E-state index < -0.39 is 5.82 Å². The van der Waals surface area contributed by atoms with E-state index in [4.69, 9.17) is 27.9 Å². The normalized spacial score (nSPS) is 21.7. The third kappa shape index (κ3) is 2.42. The molecule has 0 saturated carbocycles. The van der Waals surface area contributed by atoms with Crippen molar-refractivity contribution in [1.82, 2.24) is 5.32 Å². The minimum Gasteiger partial charge on any atom is -0.371 e. The van der Waals surface area contributed by atoms with Crippen LogP contribution in [0.2, 0.25) is 10.0 Å². The number of hydrogen-bond donors (Lipinski definition) is 1. The van der Waals surface area contributed by atoms with Gasteiger partial charge in [0.15, 0.2) is 0 Å². The highest BCUT2D eigenvalue weighted by atomic mass is 35.5. The Kier molecular flexibility index (Phi) is 3.46. The Morgan fingerprint density at radius 3 is 2.80 bits per heavy atom. The summed E-state index contributed by atoms with van der Waals surface area (Å²) in [5.41, 5.74) is 0.644. The molecule has 1 aliphatic heterocycles. The van der Waals surface area contributed by atoms with Gasteiger partial charge >= 0.3 is 0 Å². The number of morpholine rings is 1. The molecule has 82 valence electrons. The van der Waals surface area contributed by atoms with Crippen LogP contribution in [0.25, 0.3) is 0 Å². The van der Waals surface area contributed by atoms with Crippen LogP contribution in [0.15, 0.2) is 12.1 Å². The zero-order valence-electron chi connectivity index (χ0n) is 7.90. The van der Waals surface area contributed by atoms with Crippen molar-refractivity contribution in [3.8, 4) is 0 Å². The predicted octanol–water partition coefficient (Wildman–Crippen LogP) is 2.79. The van der Waals surface area contributed by atoms with Gasteiger partial charge < -0.3 is 10.1 Å². The summed E-state index contributed by atoms with van der Waals surface area (Å²) in [7, 11) is 0. The molecule has 2 nitrogen and oxygen atoms in total. The largest absolute Gasteiger partial charge is 0.371 e. The second-order valence-corrected chi connectivity index (χ2v) is 4.17. The van der Waals surface area contributed by atoms with E-state index in [9.17, 15) is 4.39 Å². The lowest BCUT2D eigenvalue weighted by molar-refractivity contribution is 0.0276. The van der Waals surface area contributed by atoms with Crippen molar-refractivity contribution >= 4 is 23.2 Å². The van der Waals surface area contributed by atoms with Crippen molar-refractivity contribution in [3.05, 3.63) is 33.6 Å². The van der Waals surface area contributed by atoms with Crippen LogP contribution < -0.4 is 5.32 Å². The zero-order valence-corrected chi connectivity index (χ0v) is 9.41. The predicted molar refractivity (Wildman–Crippen MR) is 58.0 cm³/mol. The lowest BCUT2D eigenvalue weighted by Crippen LogP contribution is -2.33. The highest BCUT2D eigenvalue weighted by molar-refractivity contribution is 6.35. The molecule has 0 aliphatic carbocycles. The van der Waals surface area contributed by atoms with Crippen LogP contribution in [-0.4, -0.2) is 19.7 Å². The van der Waals surface area contributed by atoms with Gasteiger partial charge in [0.05, 0.1) is 17.7 Å². The molecule has 1 heterocycles. The van der Waals surface area contributed by atoms with Crippen LogP contribution in [0.1, 0.15) is 11.7 Å². The molecule has 0 amide bonds. The maximum absolute atomic E-state index is 13.2. The molecule has 1 unspecified atom stereocenters. The van der Waals surface area contributed by atoms with Crippen LogP contribution in [0.4, 0.5) is 4.39 Å².